The first-order valence-corrected chi connectivity index (χ1v) is 12.4. The number of esters is 1. The maximum atomic E-state index is 12.5. The molecular weight excluding hydrogens is 567 g/mol. The van der Waals surface area contributed by atoms with Crippen LogP contribution in [0.1, 0.15) is 16.7 Å². The second-order valence-corrected chi connectivity index (χ2v) is 9.35. The standard InChI is InChI=1S/C30H23IO5/c1-33-24-12-10-21(11-13-24)27-17-23(30(32)36-27)14-19-15-26(31)29(28(16-19)34-2)35-18-22-8-5-7-20-6-3-4-9-25(20)22/h3-17H,18H2,1-2H3/b23-14+. The van der Waals surface area contributed by atoms with Gasteiger partial charge >= 0.3 is 5.97 Å². The fourth-order valence-corrected chi connectivity index (χ4v) is 4.88. The third-order valence-electron chi connectivity index (χ3n) is 5.93. The molecule has 0 atom stereocenters. The van der Waals surface area contributed by atoms with Gasteiger partial charge in [0.15, 0.2) is 11.5 Å². The minimum absolute atomic E-state index is 0.397. The van der Waals surface area contributed by atoms with Crippen LogP contribution in [0.3, 0.4) is 0 Å². The number of rotatable bonds is 7. The van der Waals surface area contributed by atoms with Gasteiger partial charge in [0.1, 0.15) is 18.1 Å². The van der Waals surface area contributed by atoms with Gasteiger partial charge in [-0.15, -0.1) is 0 Å². The number of carbonyl (C=O) groups is 1. The highest BCUT2D eigenvalue weighted by molar-refractivity contribution is 14.1. The molecule has 0 fully saturated rings. The first-order valence-electron chi connectivity index (χ1n) is 11.3. The Morgan fingerprint density at radius 1 is 0.917 bits per heavy atom. The quantitative estimate of drug-likeness (QED) is 0.132. The van der Waals surface area contributed by atoms with Crippen LogP contribution < -0.4 is 14.2 Å². The van der Waals surface area contributed by atoms with Crippen LogP contribution in [-0.4, -0.2) is 20.2 Å². The normalized spacial score (nSPS) is 14.0. The largest absolute Gasteiger partial charge is 0.497 e. The van der Waals surface area contributed by atoms with E-state index in [1.807, 2.05) is 54.6 Å². The Kier molecular flexibility index (Phi) is 6.95. The number of cyclic esters (lactones) is 1. The second-order valence-electron chi connectivity index (χ2n) is 8.19. The van der Waals surface area contributed by atoms with Crippen molar-refractivity contribution in [2.24, 2.45) is 0 Å². The molecule has 4 aromatic carbocycles. The number of ether oxygens (including phenoxy) is 4. The van der Waals surface area contributed by atoms with Gasteiger partial charge in [-0.1, -0.05) is 42.5 Å². The molecule has 0 radical (unpaired) electrons. The second kappa shape index (κ2) is 10.5. The highest BCUT2D eigenvalue weighted by Crippen LogP contribution is 2.36. The Balaban J connectivity index is 1.40. The molecule has 0 bridgehead atoms. The minimum atomic E-state index is -0.397. The van der Waals surface area contributed by atoms with Gasteiger partial charge in [-0.2, -0.15) is 0 Å². The van der Waals surface area contributed by atoms with E-state index in [0.717, 1.165) is 31.4 Å². The van der Waals surface area contributed by atoms with Crippen LogP contribution in [0.4, 0.5) is 0 Å². The zero-order chi connectivity index (χ0) is 25.1. The number of methoxy groups -OCH3 is 2. The molecule has 0 saturated heterocycles. The highest BCUT2D eigenvalue weighted by atomic mass is 127. The van der Waals surface area contributed by atoms with Crippen molar-refractivity contribution < 1.29 is 23.7 Å². The summed E-state index contributed by atoms with van der Waals surface area (Å²) in [6, 6.07) is 25.6. The fraction of sp³-hybridized carbons (Fsp3) is 0.100. The Morgan fingerprint density at radius 3 is 2.47 bits per heavy atom. The zero-order valence-corrected chi connectivity index (χ0v) is 21.9. The minimum Gasteiger partial charge on any atom is -0.497 e. The molecule has 1 aliphatic rings. The third kappa shape index (κ3) is 4.95. The molecule has 4 aromatic rings. The summed E-state index contributed by atoms with van der Waals surface area (Å²) in [6.07, 6.45) is 3.53. The van der Waals surface area contributed by atoms with Gasteiger partial charge in [0.2, 0.25) is 0 Å². The first-order chi connectivity index (χ1) is 17.6. The molecule has 0 aliphatic carbocycles. The van der Waals surface area contributed by atoms with Crippen molar-refractivity contribution in [2.75, 3.05) is 14.2 Å². The summed E-state index contributed by atoms with van der Waals surface area (Å²) >= 11 is 2.23. The van der Waals surface area contributed by atoms with E-state index in [9.17, 15) is 4.79 Å². The van der Waals surface area contributed by atoms with Crippen molar-refractivity contribution >= 4 is 51.2 Å². The number of hydrogen-bond acceptors (Lipinski definition) is 5. The summed E-state index contributed by atoms with van der Waals surface area (Å²) in [7, 11) is 3.22. The Bertz CT molecular complexity index is 1500. The summed E-state index contributed by atoms with van der Waals surface area (Å²) in [6.45, 7) is 0.411. The van der Waals surface area contributed by atoms with Crippen molar-refractivity contribution in [1.29, 1.82) is 0 Å². The van der Waals surface area contributed by atoms with E-state index in [4.69, 9.17) is 18.9 Å². The number of carbonyl (C=O) groups excluding carboxylic acids is 1. The summed E-state index contributed by atoms with van der Waals surface area (Å²) in [5.74, 6) is 2.11. The van der Waals surface area contributed by atoms with Gasteiger partial charge in [0, 0.05) is 5.56 Å². The van der Waals surface area contributed by atoms with Gasteiger partial charge in [-0.05, 0) is 93.0 Å². The van der Waals surface area contributed by atoms with Crippen LogP contribution in [0.15, 0.2) is 90.5 Å². The molecule has 5 rings (SSSR count). The maximum absolute atomic E-state index is 12.5. The molecule has 0 amide bonds. The molecule has 0 aromatic heterocycles. The molecule has 1 aliphatic heterocycles. The average Bonchev–Trinajstić information content (AvgIpc) is 3.27. The molecular formula is C30H23IO5. The summed E-state index contributed by atoms with van der Waals surface area (Å²) in [5.41, 5.74) is 3.18. The van der Waals surface area contributed by atoms with Gasteiger partial charge in [-0.25, -0.2) is 4.79 Å². The third-order valence-corrected chi connectivity index (χ3v) is 6.73. The average molecular weight is 590 g/mol. The van der Waals surface area contributed by atoms with Crippen molar-refractivity contribution in [3.05, 3.63) is 111 Å². The van der Waals surface area contributed by atoms with E-state index in [1.165, 1.54) is 5.39 Å². The lowest BCUT2D eigenvalue weighted by molar-refractivity contribution is -0.130. The molecule has 6 heteroatoms. The molecule has 0 saturated carbocycles. The van der Waals surface area contributed by atoms with Gasteiger partial charge < -0.3 is 18.9 Å². The first kappa shape index (κ1) is 23.9. The zero-order valence-electron chi connectivity index (χ0n) is 19.8. The summed E-state index contributed by atoms with van der Waals surface area (Å²) in [5, 5.41) is 2.34. The lowest BCUT2D eigenvalue weighted by atomic mass is 10.1. The van der Waals surface area contributed by atoms with Crippen molar-refractivity contribution in [3.8, 4) is 17.2 Å². The lowest BCUT2D eigenvalue weighted by Gasteiger charge is -2.15. The Labute approximate surface area is 223 Å². The maximum Gasteiger partial charge on any atom is 0.343 e. The lowest BCUT2D eigenvalue weighted by Crippen LogP contribution is -2.01. The summed E-state index contributed by atoms with van der Waals surface area (Å²) < 4.78 is 23.4. The van der Waals surface area contributed by atoms with Gasteiger partial charge in [0.05, 0.1) is 23.4 Å². The predicted molar refractivity (Wildman–Crippen MR) is 149 cm³/mol. The van der Waals surface area contributed by atoms with Crippen LogP contribution in [-0.2, 0) is 16.1 Å². The van der Waals surface area contributed by atoms with E-state index >= 15 is 0 Å². The molecule has 0 N–H and O–H groups in total. The van der Waals surface area contributed by atoms with E-state index in [2.05, 4.69) is 46.9 Å². The molecule has 0 spiro atoms. The van der Waals surface area contributed by atoms with E-state index < -0.39 is 5.97 Å². The highest BCUT2D eigenvalue weighted by Gasteiger charge is 2.22. The molecule has 36 heavy (non-hydrogen) atoms. The van der Waals surface area contributed by atoms with E-state index in [1.54, 1.807) is 26.4 Å². The molecule has 0 unspecified atom stereocenters. The number of benzene rings is 4. The smallest absolute Gasteiger partial charge is 0.343 e. The number of halogens is 1. The van der Waals surface area contributed by atoms with Gasteiger partial charge in [-0.3, -0.25) is 0 Å². The topological polar surface area (TPSA) is 54.0 Å². The van der Waals surface area contributed by atoms with Crippen LogP contribution in [0, 0.1) is 3.57 Å². The van der Waals surface area contributed by atoms with Crippen molar-refractivity contribution in [1.82, 2.24) is 0 Å². The summed E-state index contributed by atoms with van der Waals surface area (Å²) in [4.78, 5) is 12.5. The monoisotopic (exact) mass is 590 g/mol. The van der Waals surface area contributed by atoms with Crippen molar-refractivity contribution in [3.63, 3.8) is 0 Å². The fourth-order valence-electron chi connectivity index (χ4n) is 4.10. The van der Waals surface area contributed by atoms with E-state index in [0.29, 0.717) is 29.4 Å². The number of fused-ring (bicyclic) bond motifs is 1. The van der Waals surface area contributed by atoms with Crippen molar-refractivity contribution in [2.45, 2.75) is 6.61 Å². The molecule has 1 heterocycles. The van der Waals surface area contributed by atoms with E-state index in [-0.39, 0.29) is 0 Å². The van der Waals surface area contributed by atoms with Crippen LogP contribution in [0.25, 0.3) is 22.6 Å². The molecule has 180 valence electrons. The van der Waals surface area contributed by atoms with Crippen LogP contribution >= 0.6 is 22.6 Å². The van der Waals surface area contributed by atoms with Gasteiger partial charge in [0.25, 0.3) is 0 Å². The SMILES string of the molecule is COc1ccc(C2=C/C(=C\c3cc(I)c(OCc4cccc5ccccc45)c(OC)c3)C(=O)O2)cc1. The Morgan fingerprint density at radius 2 is 1.69 bits per heavy atom. The Hall–Kier alpha value is -3.78. The molecule has 5 nitrogen and oxygen atoms in total. The predicted octanol–water partition coefficient (Wildman–Crippen LogP) is 7.02. The number of hydrogen-bond donors (Lipinski definition) is 0. The van der Waals surface area contributed by atoms with Crippen LogP contribution in [0.2, 0.25) is 0 Å². The van der Waals surface area contributed by atoms with Crippen LogP contribution in [0.5, 0.6) is 17.2 Å².